The number of anilines is 4. The van der Waals surface area contributed by atoms with Crippen molar-refractivity contribution in [1.82, 2.24) is 14.9 Å². The maximum absolute atomic E-state index is 13.7. The lowest BCUT2D eigenvalue weighted by atomic mass is 10.0. The standard InChI is InChI=1S/C26H39F3N6/c1-5-8-10-20(9-6-2)31-24-22(26(27,28)29)18-30-25(33-24)32-23-12-11-21(17-19(23)7-3)35-15-13-34(4)14-16-35/h11-12,17-18,20H,5-10,13-16H2,1-4H3,(H2,30,31,32,33). The number of likely N-dealkylation sites (N-methyl/N-ethyl adjacent to an activating group) is 1. The number of alkyl halides is 3. The Kier molecular flexibility index (Phi) is 9.60. The monoisotopic (exact) mass is 492 g/mol. The summed E-state index contributed by atoms with van der Waals surface area (Å²) in [5.41, 5.74) is 2.22. The molecule has 1 fully saturated rings. The predicted octanol–water partition coefficient (Wildman–Crippen LogP) is 6.32. The summed E-state index contributed by atoms with van der Waals surface area (Å²) in [6.07, 6.45) is 1.57. The summed E-state index contributed by atoms with van der Waals surface area (Å²) >= 11 is 0. The summed E-state index contributed by atoms with van der Waals surface area (Å²) < 4.78 is 41.1. The molecule has 1 saturated heterocycles. The summed E-state index contributed by atoms with van der Waals surface area (Å²) in [4.78, 5) is 13.0. The zero-order chi connectivity index (χ0) is 25.4. The van der Waals surface area contributed by atoms with Crippen molar-refractivity contribution in [2.75, 3.05) is 48.8 Å². The van der Waals surface area contributed by atoms with Crippen molar-refractivity contribution in [3.05, 3.63) is 35.5 Å². The molecule has 3 rings (SSSR count). The maximum atomic E-state index is 13.7. The highest BCUT2D eigenvalue weighted by Crippen LogP contribution is 2.35. The second-order valence-electron chi connectivity index (χ2n) is 9.34. The topological polar surface area (TPSA) is 56.3 Å². The Labute approximate surface area is 207 Å². The number of aryl methyl sites for hydroxylation is 1. The van der Waals surface area contributed by atoms with E-state index in [1.54, 1.807) is 0 Å². The van der Waals surface area contributed by atoms with E-state index in [0.29, 0.717) is 0 Å². The van der Waals surface area contributed by atoms with Gasteiger partial charge < -0.3 is 20.4 Å². The van der Waals surface area contributed by atoms with Gasteiger partial charge in [0.25, 0.3) is 0 Å². The van der Waals surface area contributed by atoms with Gasteiger partial charge in [0.15, 0.2) is 0 Å². The SMILES string of the molecule is CCCCC(CCC)Nc1nc(Nc2ccc(N3CCN(C)CC3)cc2CC)ncc1C(F)(F)F. The van der Waals surface area contributed by atoms with Crippen molar-refractivity contribution in [3.63, 3.8) is 0 Å². The van der Waals surface area contributed by atoms with Gasteiger partial charge in [0, 0.05) is 49.8 Å². The quantitative estimate of drug-likeness (QED) is 0.383. The fraction of sp³-hybridized carbons (Fsp3) is 0.615. The van der Waals surface area contributed by atoms with E-state index in [9.17, 15) is 13.2 Å². The van der Waals surface area contributed by atoms with Gasteiger partial charge in [-0.05, 0) is 50.1 Å². The first-order chi connectivity index (χ1) is 16.7. The molecule has 1 aliphatic heterocycles. The Morgan fingerprint density at radius 3 is 2.40 bits per heavy atom. The molecule has 0 bridgehead atoms. The molecule has 0 saturated carbocycles. The fourth-order valence-corrected chi connectivity index (χ4v) is 4.42. The number of hydrogen-bond donors (Lipinski definition) is 2. The van der Waals surface area contributed by atoms with Crippen molar-refractivity contribution < 1.29 is 13.2 Å². The van der Waals surface area contributed by atoms with Gasteiger partial charge in [0.2, 0.25) is 5.95 Å². The molecule has 0 aliphatic carbocycles. The molecule has 9 heteroatoms. The van der Waals surface area contributed by atoms with Gasteiger partial charge in [-0.3, -0.25) is 0 Å². The van der Waals surface area contributed by atoms with E-state index in [1.807, 2.05) is 13.0 Å². The number of nitrogens with zero attached hydrogens (tertiary/aromatic N) is 4. The third-order valence-corrected chi connectivity index (χ3v) is 6.56. The zero-order valence-electron chi connectivity index (χ0n) is 21.4. The molecule has 2 heterocycles. The van der Waals surface area contributed by atoms with E-state index in [2.05, 4.69) is 63.4 Å². The summed E-state index contributed by atoms with van der Waals surface area (Å²) in [5, 5.41) is 6.25. The summed E-state index contributed by atoms with van der Waals surface area (Å²) in [7, 11) is 2.13. The molecule has 1 aromatic carbocycles. The number of nitrogens with one attached hydrogen (secondary N) is 2. The summed E-state index contributed by atoms with van der Waals surface area (Å²) in [6.45, 7) is 10.2. The molecule has 1 aromatic heterocycles. The first-order valence-electron chi connectivity index (χ1n) is 12.8. The first kappa shape index (κ1) is 27.0. The third kappa shape index (κ3) is 7.46. The number of hydrogen-bond acceptors (Lipinski definition) is 6. The normalized spacial score (nSPS) is 15.8. The fourth-order valence-electron chi connectivity index (χ4n) is 4.42. The van der Waals surface area contributed by atoms with Crippen LogP contribution >= 0.6 is 0 Å². The molecule has 0 amide bonds. The van der Waals surface area contributed by atoms with Crippen LogP contribution in [0.3, 0.4) is 0 Å². The zero-order valence-corrected chi connectivity index (χ0v) is 21.4. The summed E-state index contributed by atoms with van der Waals surface area (Å²) in [6, 6.07) is 6.12. The molecular weight excluding hydrogens is 453 g/mol. The van der Waals surface area contributed by atoms with Crippen LogP contribution < -0.4 is 15.5 Å². The summed E-state index contributed by atoms with van der Waals surface area (Å²) in [5.74, 6) is 0.00458. The number of aromatic nitrogens is 2. The highest BCUT2D eigenvalue weighted by atomic mass is 19.4. The van der Waals surface area contributed by atoms with Crippen molar-refractivity contribution in [1.29, 1.82) is 0 Å². The van der Waals surface area contributed by atoms with E-state index in [0.717, 1.165) is 87.8 Å². The van der Waals surface area contributed by atoms with Gasteiger partial charge in [-0.25, -0.2) is 4.98 Å². The van der Waals surface area contributed by atoms with Crippen LogP contribution in [0.5, 0.6) is 0 Å². The van der Waals surface area contributed by atoms with Crippen LogP contribution in [-0.4, -0.2) is 54.1 Å². The van der Waals surface area contributed by atoms with Crippen LogP contribution in [0, 0.1) is 0 Å². The van der Waals surface area contributed by atoms with Gasteiger partial charge in [0.1, 0.15) is 11.4 Å². The highest BCUT2D eigenvalue weighted by Gasteiger charge is 2.36. The predicted molar refractivity (Wildman–Crippen MR) is 138 cm³/mol. The molecule has 2 N–H and O–H groups in total. The van der Waals surface area contributed by atoms with E-state index in [1.165, 1.54) is 0 Å². The molecule has 0 radical (unpaired) electrons. The van der Waals surface area contributed by atoms with E-state index < -0.39 is 11.7 Å². The van der Waals surface area contributed by atoms with Gasteiger partial charge in [-0.2, -0.15) is 18.2 Å². The van der Waals surface area contributed by atoms with Gasteiger partial charge in [0.05, 0.1) is 0 Å². The van der Waals surface area contributed by atoms with Crippen LogP contribution in [-0.2, 0) is 12.6 Å². The lowest BCUT2D eigenvalue weighted by molar-refractivity contribution is -0.137. The number of benzene rings is 1. The van der Waals surface area contributed by atoms with Crippen LogP contribution in [0.15, 0.2) is 24.4 Å². The van der Waals surface area contributed by atoms with Crippen molar-refractivity contribution >= 4 is 23.1 Å². The Bertz CT molecular complexity index is 941. The van der Waals surface area contributed by atoms with E-state index in [-0.39, 0.29) is 17.8 Å². The number of piperazine rings is 1. The van der Waals surface area contributed by atoms with E-state index in [4.69, 9.17) is 0 Å². The minimum atomic E-state index is -4.53. The average Bonchev–Trinajstić information content (AvgIpc) is 2.83. The highest BCUT2D eigenvalue weighted by molar-refractivity contribution is 5.65. The van der Waals surface area contributed by atoms with Gasteiger partial charge >= 0.3 is 6.18 Å². The molecular formula is C26H39F3N6. The Balaban J connectivity index is 1.84. The Hall–Kier alpha value is -2.55. The number of unbranched alkanes of at least 4 members (excludes halogenated alkanes) is 1. The Morgan fingerprint density at radius 2 is 1.77 bits per heavy atom. The molecule has 1 atom stereocenters. The smallest absolute Gasteiger partial charge is 0.369 e. The van der Waals surface area contributed by atoms with Crippen molar-refractivity contribution in [2.24, 2.45) is 0 Å². The van der Waals surface area contributed by atoms with Crippen LogP contribution in [0.1, 0.15) is 64.0 Å². The molecule has 194 valence electrons. The molecule has 1 unspecified atom stereocenters. The lowest BCUT2D eigenvalue weighted by Gasteiger charge is -2.34. The van der Waals surface area contributed by atoms with Crippen LogP contribution in [0.2, 0.25) is 0 Å². The minimum absolute atomic E-state index is 0.0575. The lowest BCUT2D eigenvalue weighted by Crippen LogP contribution is -2.44. The third-order valence-electron chi connectivity index (χ3n) is 6.56. The largest absolute Gasteiger partial charge is 0.421 e. The molecule has 0 spiro atoms. The van der Waals surface area contributed by atoms with Crippen LogP contribution in [0.4, 0.5) is 36.3 Å². The maximum Gasteiger partial charge on any atom is 0.421 e. The van der Waals surface area contributed by atoms with Gasteiger partial charge in [-0.1, -0.05) is 40.0 Å². The second-order valence-corrected chi connectivity index (χ2v) is 9.34. The molecule has 35 heavy (non-hydrogen) atoms. The number of halogens is 3. The van der Waals surface area contributed by atoms with Crippen LogP contribution in [0.25, 0.3) is 0 Å². The average molecular weight is 493 g/mol. The van der Waals surface area contributed by atoms with E-state index >= 15 is 0 Å². The molecule has 6 nitrogen and oxygen atoms in total. The van der Waals surface area contributed by atoms with Gasteiger partial charge in [-0.15, -0.1) is 0 Å². The van der Waals surface area contributed by atoms with Crippen molar-refractivity contribution in [3.8, 4) is 0 Å². The minimum Gasteiger partial charge on any atom is -0.369 e. The Morgan fingerprint density at radius 1 is 1.03 bits per heavy atom. The first-order valence-corrected chi connectivity index (χ1v) is 12.8. The number of rotatable bonds is 11. The molecule has 1 aliphatic rings. The molecule has 2 aromatic rings. The second kappa shape index (κ2) is 12.4. The van der Waals surface area contributed by atoms with Crippen molar-refractivity contribution in [2.45, 2.75) is 71.5 Å².